The van der Waals surface area contributed by atoms with E-state index in [1.54, 1.807) is 19.1 Å². The topological polar surface area (TPSA) is 64.4 Å². The van der Waals surface area contributed by atoms with Crippen LogP contribution in [-0.2, 0) is 4.79 Å². The van der Waals surface area contributed by atoms with Crippen LogP contribution in [0.15, 0.2) is 24.3 Å². The molecule has 0 bridgehead atoms. The molecule has 3 N–H and O–H groups in total. The number of rotatable bonds is 8. The molecule has 0 aliphatic carbocycles. The van der Waals surface area contributed by atoms with Crippen LogP contribution in [0.1, 0.15) is 40.0 Å². The molecule has 0 saturated carbocycles. The predicted octanol–water partition coefficient (Wildman–Crippen LogP) is 2.62. The number of hydrogen-bond donors (Lipinski definition) is 2. The molecular formula is C16H25FN2O2. The molecule has 0 aliphatic rings. The van der Waals surface area contributed by atoms with Gasteiger partial charge in [-0.1, -0.05) is 26.3 Å². The van der Waals surface area contributed by atoms with Gasteiger partial charge in [0.2, 0.25) is 5.91 Å². The Morgan fingerprint density at radius 1 is 1.48 bits per heavy atom. The second kappa shape index (κ2) is 7.98. The summed E-state index contributed by atoms with van der Waals surface area (Å²) >= 11 is 0. The summed E-state index contributed by atoms with van der Waals surface area (Å²) in [6.45, 7) is 6.01. The Hall–Kier alpha value is -1.62. The van der Waals surface area contributed by atoms with E-state index in [1.165, 1.54) is 12.1 Å². The van der Waals surface area contributed by atoms with Gasteiger partial charge in [-0.3, -0.25) is 4.79 Å². The molecule has 0 heterocycles. The Morgan fingerprint density at radius 3 is 2.76 bits per heavy atom. The molecular weight excluding hydrogens is 271 g/mol. The Morgan fingerprint density at radius 2 is 2.19 bits per heavy atom. The van der Waals surface area contributed by atoms with Crippen molar-refractivity contribution >= 4 is 5.91 Å². The first kappa shape index (κ1) is 17.4. The fourth-order valence-electron chi connectivity index (χ4n) is 2.04. The van der Waals surface area contributed by atoms with Crippen molar-refractivity contribution in [3.05, 3.63) is 30.1 Å². The molecule has 0 fully saturated rings. The van der Waals surface area contributed by atoms with E-state index in [1.807, 2.05) is 13.8 Å². The summed E-state index contributed by atoms with van der Waals surface area (Å²) < 4.78 is 18.8. The lowest BCUT2D eigenvalue weighted by Crippen LogP contribution is -2.53. The molecule has 0 aromatic heterocycles. The van der Waals surface area contributed by atoms with E-state index in [2.05, 4.69) is 5.32 Å². The molecule has 0 aliphatic heterocycles. The minimum absolute atomic E-state index is 0.189. The van der Waals surface area contributed by atoms with Crippen molar-refractivity contribution in [3.63, 3.8) is 0 Å². The fraction of sp³-hybridized carbons (Fsp3) is 0.562. The second-order valence-corrected chi connectivity index (χ2v) is 5.48. The maximum absolute atomic E-state index is 13.1. The molecule has 4 nitrogen and oxygen atoms in total. The number of hydrogen-bond acceptors (Lipinski definition) is 3. The summed E-state index contributed by atoms with van der Waals surface area (Å²) in [5.41, 5.74) is 5.10. The summed E-state index contributed by atoms with van der Waals surface area (Å²) in [5.74, 6) is -0.0744. The SMILES string of the molecule is CCCC(C)(N)C(=O)NCC(CC)Oc1cccc(F)c1. The van der Waals surface area contributed by atoms with Crippen LogP contribution in [0.4, 0.5) is 4.39 Å². The molecule has 0 radical (unpaired) electrons. The summed E-state index contributed by atoms with van der Waals surface area (Å²) in [4.78, 5) is 12.0. The zero-order chi connectivity index (χ0) is 15.9. The smallest absolute Gasteiger partial charge is 0.239 e. The number of nitrogens with one attached hydrogen (secondary N) is 1. The van der Waals surface area contributed by atoms with E-state index in [0.29, 0.717) is 25.1 Å². The molecule has 0 saturated heterocycles. The van der Waals surface area contributed by atoms with Crippen LogP contribution in [0.3, 0.4) is 0 Å². The lowest BCUT2D eigenvalue weighted by molar-refractivity contribution is -0.126. The van der Waals surface area contributed by atoms with Gasteiger partial charge in [0.05, 0.1) is 12.1 Å². The highest BCUT2D eigenvalue weighted by Crippen LogP contribution is 2.15. The second-order valence-electron chi connectivity index (χ2n) is 5.48. The number of carbonyl (C=O) groups is 1. The van der Waals surface area contributed by atoms with Gasteiger partial charge in [0.15, 0.2) is 0 Å². The number of amides is 1. The van der Waals surface area contributed by atoms with E-state index in [-0.39, 0.29) is 17.8 Å². The molecule has 118 valence electrons. The first-order chi connectivity index (χ1) is 9.89. The number of benzene rings is 1. The average Bonchev–Trinajstić information content (AvgIpc) is 2.43. The standard InChI is InChI=1S/C16H25FN2O2/c1-4-9-16(3,18)15(20)19-11-13(5-2)21-14-8-6-7-12(17)10-14/h6-8,10,13H,4-5,9,11,18H2,1-3H3,(H,19,20). The number of carbonyl (C=O) groups excluding carboxylic acids is 1. The number of ether oxygens (including phenoxy) is 1. The Kier molecular flexibility index (Phi) is 6.62. The van der Waals surface area contributed by atoms with Crippen LogP contribution >= 0.6 is 0 Å². The van der Waals surface area contributed by atoms with Gasteiger partial charge in [0.25, 0.3) is 0 Å². The van der Waals surface area contributed by atoms with E-state index >= 15 is 0 Å². The molecule has 1 aromatic carbocycles. The third-order valence-corrected chi connectivity index (χ3v) is 3.33. The monoisotopic (exact) mass is 296 g/mol. The average molecular weight is 296 g/mol. The van der Waals surface area contributed by atoms with Gasteiger partial charge in [-0.25, -0.2) is 4.39 Å². The van der Waals surface area contributed by atoms with Crippen molar-refractivity contribution in [2.75, 3.05) is 6.54 Å². The summed E-state index contributed by atoms with van der Waals surface area (Å²) in [6.07, 6.45) is 1.96. The lowest BCUT2D eigenvalue weighted by atomic mass is 9.96. The Bertz CT molecular complexity index is 463. The van der Waals surface area contributed by atoms with E-state index in [0.717, 1.165) is 6.42 Å². The van der Waals surface area contributed by atoms with E-state index < -0.39 is 5.54 Å². The third-order valence-electron chi connectivity index (χ3n) is 3.33. The van der Waals surface area contributed by atoms with Crippen LogP contribution in [0.25, 0.3) is 0 Å². The first-order valence-corrected chi connectivity index (χ1v) is 7.38. The van der Waals surface area contributed by atoms with Crippen molar-refractivity contribution in [2.45, 2.75) is 51.7 Å². The zero-order valence-corrected chi connectivity index (χ0v) is 13.0. The summed E-state index contributed by atoms with van der Waals surface area (Å²) in [5, 5.41) is 2.81. The Labute approximate surface area is 125 Å². The van der Waals surface area contributed by atoms with Crippen molar-refractivity contribution in [3.8, 4) is 5.75 Å². The van der Waals surface area contributed by atoms with E-state index in [9.17, 15) is 9.18 Å². The quantitative estimate of drug-likeness (QED) is 0.775. The minimum Gasteiger partial charge on any atom is -0.489 e. The molecule has 2 atom stereocenters. The highest BCUT2D eigenvalue weighted by molar-refractivity contribution is 5.85. The molecule has 5 heteroatoms. The van der Waals surface area contributed by atoms with E-state index in [4.69, 9.17) is 10.5 Å². The van der Waals surface area contributed by atoms with Gasteiger partial charge in [-0.2, -0.15) is 0 Å². The molecule has 2 unspecified atom stereocenters. The Balaban J connectivity index is 2.53. The van der Waals surface area contributed by atoms with Crippen LogP contribution in [0.2, 0.25) is 0 Å². The van der Waals surface area contributed by atoms with Crippen LogP contribution in [-0.4, -0.2) is 24.1 Å². The largest absolute Gasteiger partial charge is 0.489 e. The number of nitrogens with two attached hydrogens (primary N) is 1. The molecule has 21 heavy (non-hydrogen) atoms. The van der Waals surface area contributed by atoms with Crippen LogP contribution in [0.5, 0.6) is 5.75 Å². The van der Waals surface area contributed by atoms with Gasteiger partial charge in [0, 0.05) is 6.07 Å². The van der Waals surface area contributed by atoms with Crippen molar-refractivity contribution in [1.82, 2.24) is 5.32 Å². The zero-order valence-electron chi connectivity index (χ0n) is 13.0. The number of halogens is 1. The van der Waals surface area contributed by atoms with Crippen LogP contribution < -0.4 is 15.8 Å². The minimum atomic E-state index is -0.869. The first-order valence-electron chi connectivity index (χ1n) is 7.38. The third kappa shape index (κ3) is 5.71. The normalized spacial score (nSPS) is 15.1. The van der Waals surface area contributed by atoms with Gasteiger partial charge in [0.1, 0.15) is 17.7 Å². The highest BCUT2D eigenvalue weighted by atomic mass is 19.1. The van der Waals surface area contributed by atoms with Crippen LogP contribution in [0, 0.1) is 5.82 Å². The maximum Gasteiger partial charge on any atom is 0.239 e. The molecule has 1 rings (SSSR count). The maximum atomic E-state index is 13.1. The van der Waals surface area contributed by atoms with Crippen molar-refractivity contribution < 1.29 is 13.9 Å². The lowest BCUT2D eigenvalue weighted by Gasteiger charge is -2.25. The summed E-state index contributed by atoms with van der Waals surface area (Å²) in [7, 11) is 0. The van der Waals surface area contributed by atoms with Gasteiger partial charge in [-0.05, 0) is 31.9 Å². The van der Waals surface area contributed by atoms with Crippen molar-refractivity contribution in [2.24, 2.45) is 5.73 Å². The van der Waals surface area contributed by atoms with Gasteiger partial charge < -0.3 is 15.8 Å². The molecule has 1 aromatic rings. The molecule has 0 spiro atoms. The van der Waals surface area contributed by atoms with Gasteiger partial charge >= 0.3 is 0 Å². The highest BCUT2D eigenvalue weighted by Gasteiger charge is 2.27. The van der Waals surface area contributed by atoms with Crippen molar-refractivity contribution in [1.29, 1.82) is 0 Å². The molecule has 1 amide bonds. The predicted molar refractivity (Wildman–Crippen MR) is 81.6 cm³/mol. The summed E-state index contributed by atoms with van der Waals surface area (Å²) in [6, 6.07) is 5.97. The van der Waals surface area contributed by atoms with Gasteiger partial charge in [-0.15, -0.1) is 0 Å². The fourth-order valence-corrected chi connectivity index (χ4v) is 2.04.